The minimum atomic E-state index is -0.208. The van der Waals surface area contributed by atoms with Gasteiger partial charge in [-0.25, -0.2) is 0 Å². The topological polar surface area (TPSA) is 37.3 Å². The van der Waals surface area contributed by atoms with Crippen LogP contribution >= 0.6 is 0 Å². The summed E-state index contributed by atoms with van der Waals surface area (Å²) in [4.78, 5) is 10.6. The lowest BCUT2D eigenvalue weighted by Crippen LogP contribution is -1.97. The zero-order chi connectivity index (χ0) is 10.1. The number of carbonyl (C=O) groups excluding carboxylic acids is 1. The molecule has 1 unspecified atom stereocenters. The normalized spacial score (nSPS) is 16.4. The summed E-state index contributed by atoms with van der Waals surface area (Å²) in [5, 5.41) is 9.72. The molecule has 1 aliphatic rings. The van der Waals surface area contributed by atoms with Gasteiger partial charge in [0, 0.05) is 11.5 Å². The molecule has 2 nitrogen and oxygen atoms in total. The molecule has 0 heterocycles. The van der Waals surface area contributed by atoms with Crippen molar-refractivity contribution in [3.8, 4) is 5.75 Å². The number of phenols is 1. The Morgan fingerprint density at radius 1 is 1.36 bits per heavy atom. The molecule has 1 aromatic rings. The van der Waals surface area contributed by atoms with Gasteiger partial charge in [-0.1, -0.05) is 13.0 Å². The van der Waals surface area contributed by atoms with Gasteiger partial charge in [-0.2, -0.15) is 0 Å². The Labute approximate surface area is 83.6 Å². The van der Waals surface area contributed by atoms with Crippen LogP contribution in [0.15, 0.2) is 12.1 Å². The van der Waals surface area contributed by atoms with Crippen molar-refractivity contribution in [3.63, 3.8) is 0 Å². The number of aryl methyl sites for hydroxylation is 2. The van der Waals surface area contributed by atoms with Crippen molar-refractivity contribution in [3.05, 3.63) is 28.8 Å². The van der Waals surface area contributed by atoms with E-state index in [2.05, 4.69) is 0 Å². The van der Waals surface area contributed by atoms with Crippen molar-refractivity contribution in [2.24, 2.45) is 0 Å². The van der Waals surface area contributed by atoms with Gasteiger partial charge < -0.3 is 9.90 Å². The molecule has 1 aromatic carbocycles. The third kappa shape index (κ3) is 1.41. The Morgan fingerprint density at radius 3 is 2.64 bits per heavy atom. The fourth-order valence-electron chi connectivity index (χ4n) is 2.07. The zero-order valence-corrected chi connectivity index (χ0v) is 8.29. The molecule has 0 fully saturated rings. The maximum Gasteiger partial charge on any atom is 0.127 e. The fourth-order valence-corrected chi connectivity index (χ4v) is 2.07. The molecule has 2 heteroatoms. The summed E-state index contributed by atoms with van der Waals surface area (Å²) >= 11 is 0. The van der Waals surface area contributed by atoms with Gasteiger partial charge in [0.05, 0.1) is 0 Å². The summed E-state index contributed by atoms with van der Waals surface area (Å²) < 4.78 is 0. The first-order valence-corrected chi connectivity index (χ1v) is 5.02. The molecule has 0 aromatic heterocycles. The van der Waals surface area contributed by atoms with Gasteiger partial charge in [0.15, 0.2) is 0 Å². The number of hydrogen-bond donors (Lipinski definition) is 1. The van der Waals surface area contributed by atoms with E-state index in [-0.39, 0.29) is 11.7 Å². The van der Waals surface area contributed by atoms with Crippen LogP contribution in [0.4, 0.5) is 0 Å². The summed E-state index contributed by atoms with van der Waals surface area (Å²) in [6.45, 7) is 1.81. The monoisotopic (exact) mass is 190 g/mol. The Balaban J connectivity index is 2.47. The summed E-state index contributed by atoms with van der Waals surface area (Å²) in [6, 6.07) is 3.80. The number of aldehydes is 1. The van der Waals surface area contributed by atoms with Crippen LogP contribution in [0.5, 0.6) is 5.75 Å². The Kier molecular flexibility index (Phi) is 2.28. The molecular weight excluding hydrogens is 176 g/mol. The van der Waals surface area contributed by atoms with Gasteiger partial charge in [-0.15, -0.1) is 0 Å². The van der Waals surface area contributed by atoms with Gasteiger partial charge >= 0.3 is 0 Å². The van der Waals surface area contributed by atoms with Crippen LogP contribution in [0.1, 0.15) is 36.0 Å². The van der Waals surface area contributed by atoms with Gasteiger partial charge in [-0.05, 0) is 36.5 Å². The lowest BCUT2D eigenvalue weighted by Gasteiger charge is -2.09. The predicted octanol–water partition coefficient (Wildman–Crippen LogP) is 2.18. The molecule has 0 saturated heterocycles. The Hall–Kier alpha value is -1.31. The number of hydrogen-bond acceptors (Lipinski definition) is 2. The zero-order valence-electron chi connectivity index (χ0n) is 8.29. The lowest BCUT2D eigenvalue weighted by molar-refractivity contribution is -0.108. The number of phenolic OH excluding ortho intramolecular Hbond substituents is 1. The molecule has 1 N–H and O–H groups in total. The van der Waals surface area contributed by atoms with Crippen LogP contribution in [-0.4, -0.2) is 11.4 Å². The van der Waals surface area contributed by atoms with Crippen molar-refractivity contribution < 1.29 is 9.90 Å². The van der Waals surface area contributed by atoms with Crippen LogP contribution < -0.4 is 0 Å². The highest BCUT2D eigenvalue weighted by atomic mass is 16.3. The minimum absolute atomic E-state index is 0.208. The van der Waals surface area contributed by atoms with Gasteiger partial charge in [0.25, 0.3) is 0 Å². The van der Waals surface area contributed by atoms with E-state index in [1.165, 1.54) is 11.1 Å². The third-order valence-electron chi connectivity index (χ3n) is 2.94. The second kappa shape index (κ2) is 3.45. The molecule has 0 bridgehead atoms. The Bertz CT molecular complexity index is 369. The predicted molar refractivity (Wildman–Crippen MR) is 54.6 cm³/mol. The van der Waals surface area contributed by atoms with Crippen molar-refractivity contribution in [2.75, 3.05) is 0 Å². The maximum atomic E-state index is 10.6. The average Bonchev–Trinajstić information content (AvgIpc) is 2.62. The summed E-state index contributed by atoms with van der Waals surface area (Å²) in [5.41, 5.74) is 3.30. The molecule has 0 saturated carbocycles. The molecule has 0 spiro atoms. The smallest absolute Gasteiger partial charge is 0.127 e. The molecular formula is C12H14O2. The first kappa shape index (κ1) is 9.25. The first-order chi connectivity index (χ1) is 6.72. The largest absolute Gasteiger partial charge is 0.508 e. The molecule has 0 aliphatic heterocycles. The number of fused-ring (bicyclic) bond motifs is 1. The minimum Gasteiger partial charge on any atom is -0.508 e. The highest BCUT2D eigenvalue weighted by Gasteiger charge is 2.16. The van der Waals surface area contributed by atoms with E-state index in [1.54, 1.807) is 0 Å². The number of rotatable bonds is 2. The highest BCUT2D eigenvalue weighted by molar-refractivity contribution is 5.64. The van der Waals surface area contributed by atoms with E-state index < -0.39 is 0 Å². The second-order valence-electron chi connectivity index (χ2n) is 3.96. The quantitative estimate of drug-likeness (QED) is 0.726. The fraction of sp³-hybridized carbons (Fsp3) is 0.417. The standard InChI is InChI=1S/C12H14O2/c1-8(7-13)11-5-9-3-2-4-10(9)6-12(11)14/h5-8,14H,2-4H2,1H3. The molecule has 0 amide bonds. The molecule has 14 heavy (non-hydrogen) atoms. The number of benzene rings is 1. The van der Waals surface area contributed by atoms with E-state index in [9.17, 15) is 9.90 Å². The van der Waals surface area contributed by atoms with Crippen LogP contribution in [0.25, 0.3) is 0 Å². The molecule has 0 radical (unpaired) electrons. The van der Waals surface area contributed by atoms with Crippen molar-refractivity contribution >= 4 is 6.29 Å². The van der Waals surface area contributed by atoms with E-state index in [0.717, 1.165) is 31.1 Å². The van der Waals surface area contributed by atoms with Gasteiger partial charge in [-0.3, -0.25) is 0 Å². The summed E-state index contributed by atoms with van der Waals surface area (Å²) in [7, 11) is 0. The van der Waals surface area contributed by atoms with E-state index in [1.807, 2.05) is 19.1 Å². The maximum absolute atomic E-state index is 10.6. The molecule has 2 rings (SSSR count). The van der Waals surface area contributed by atoms with Crippen LogP contribution in [-0.2, 0) is 17.6 Å². The van der Waals surface area contributed by atoms with E-state index in [4.69, 9.17) is 0 Å². The van der Waals surface area contributed by atoms with Crippen molar-refractivity contribution in [1.29, 1.82) is 0 Å². The van der Waals surface area contributed by atoms with E-state index in [0.29, 0.717) is 0 Å². The van der Waals surface area contributed by atoms with Crippen LogP contribution in [0.3, 0.4) is 0 Å². The Morgan fingerprint density at radius 2 is 2.00 bits per heavy atom. The lowest BCUT2D eigenvalue weighted by atomic mass is 9.97. The van der Waals surface area contributed by atoms with Gasteiger partial charge in [0.1, 0.15) is 12.0 Å². The summed E-state index contributed by atoms with van der Waals surface area (Å²) in [5.74, 6) is 0.0613. The highest BCUT2D eigenvalue weighted by Crippen LogP contribution is 2.32. The van der Waals surface area contributed by atoms with Crippen LogP contribution in [0, 0.1) is 0 Å². The van der Waals surface area contributed by atoms with Crippen LogP contribution in [0.2, 0.25) is 0 Å². The molecule has 1 aliphatic carbocycles. The van der Waals surface area contributed by atoms with Crippen molar-refractivity contribution in [2.45, 2.75) is 32.1 Å². The van der Waals surface area contributed by atoms with Crippen molar-refractivity contribution in [1.82, 2.24) is 0 Å². The summed E-state index contributed by atoms with van der Waals surface area (Å²) in [6.07, 6.45) is 4.16. The number of carbonyl (C=O) groups is 1. The molecule has 1 atom stereocenters. The SMILES string of the molecule is CC(C=O)c1cc2c(cc1O)CCC2. The number of aromatic hydroxyl groups is 1. The third-order valence-corrected chi connectivity index (χ3v) is 2.94. The van der Waals surface area contributed by atoms with Gasteiger partial charge in [0.2, 0.25) is 0 Å². The molecule has 74 valence electrons. The first-order valence-electron chi connectivity index (χ1n) is 5.02. The second-order valence-corrected chi connectivity index (χ2v) is 3.96. The average molecular weight is 190 g/mol. The van der Waals surface area contributed by atoms with E-state index >= 15 is 0 Å².